The first-order valence-electron chi connectivity index (χ1n) is 8.67. The van der Waals surface area contributed by atoms with Crippen molar-refractivity contribution in [3.63, 3.8) is 0 Å². The number of alkyl halides is 3. The first-order valence-corrected chi connectivity index (χ1v) is 10.1. The van der Waals surface area contributed by atoms with E-state index in [0.717, 1.165) is 11.6 Å². The van der Waals surface area contributed by atoms with E-state index >= 15 is 0 Å². The van der Waals surface area contributed by atoms with Crippen LogP contribution >= 0.6 is 0 Å². The summed E-state index contributed by atoms with van der Waals surface area (Å²) in [5, 5.41) is 5.80. The molecule has 1 aromatic heterocycles. The summed E-state index contributed by atoms with van der Waals surface area (Å²) in [6.45, 7) is -1.07. The van der Waals surface area contributed by atoms with E-state index in [9.17, 15) is 26.4 Å². The molecule has 0 aliphatic carbocycles. The smallest absolute Gasteiger partial charge is 0.343 e. The number of nitrogens with zero attached hydrogens (tertiary/aromatic N) is 2. The van der Waals surface area contributed by atoms with Gasteiger partial charge in [0.15, 0.2) is 0 Å². The van der Waals surface area contributed by atoms with Crippen LogP contribution in [0, 0.1) is 0 Å². The van der Waals surface area contributed by atoms with Crippen molar-refractivity contribution in [2.24, 2.45) is 0 Å². The lowest BCUT2D eigenvalue weighted by Gasteiger charge is -2.10. The summed E-state index contributed by atoms with van der Waals surface area (Å²) in [5.41, 5.74) is 0.979. The highest BCUT2D eigenvalue weighted by molar-refractivity contribution is 7.92. The van der Waals surface area contributed by atoms with E-state index in [-0.39, 0.29) is 16.1 Å². The van der Waals surface area contributed by atoms with E-state index in [0.29, 0.717) is 6.54 Å². The zero-order chi connectivity index (χ0) is 21.8. The SMILES string of the molecule is O=C(NCC(F)(F)F)c1cccc(S(=O)(=O)Nc2cnn(Cc3ccccc3)c2)c1. The maximum atomic E-state index is 12.6. The number of anilines is 1. The molecule has 11 heteroatoms. The summed E-state index contributed by atoms with van der Waals surface area (Å²) >= 11 is 0. The predicted molar refractivity (Wildman–Crippen MR) is 103 cm³/mol. The lowest BCUT2D eigenvalue weighted by atomic mass is 10.2. The third kappa shape index (κ3) is 5.83. The Hall–Kier alpha value is -3.34. The molecule has 0 unspecified atom stereocenters. The highest BCUT2D eigenvalue weighted by Crippen LogP contribution is 2.18. The molecule has 2 aromatic carbocycles. The average molecular weight is 438 g/mol. The van der Waals surface area contributed by atoms with E-state index < -0.39 is 28.7 Å². The number of rotatable bonds is 7. The van der Waals surface area contributed by atoms with Crippen molar-refractivity contribution in [2.75, 3.05) is 11.3 Å². The van der Waals surface area contributed by atoms with Crippen molar-refractivity contribution in [2.45, 2.75) is 17.6 Å². The average Bonchev–Trinajstić information content (AvgIpc) is 3.12. The monoisotopic (exact) mass is 438 g/mol. The number of amides is 1. The second kappa shape index (κ2) is 8.57. The van der Waals surface area contributed by atoms with Gasteiger partial charge in [0.2, 0.25) is 0 Å². The van der Waals surface area contributed by atoms with Crippen LogP contribution in [0.3, 0.4) is 0 Å². The van der Waals surface area contributed by atoms with Crippen LogP contribution < -0.4 is 10.0 Å². The molecule has 1 amide bonds. The summed E-state index contributed by atoms with van der Waals surface area (Å²) < 4.78 is 65.9. The number of nitrogens with one attached hydrogen (secondary N) is 2. The van der Waals surface area contributed by atoms with Crippen LogP contribution in [-0.4, -0.2) is 36.8 Å². The largest absolute Gasteiger partial charge is 0.405 e. The predicted octanol–water partition coefficient (Wildman–Crippen LogP) is 3.02. The summed E-state index contributed by atoms with van der Waals surface area (Å²) in [7, 11) is -4.08. The topological polar surface area (TPSA) is 93.1 Å². The molecule has 0 aliphatic rings. The molecule has 30 heavy (non-hydrogen) atoms. The van der Waals surface area contributed by atoms with Gasteiger partial charge < -0.3 is 5.32 Å². The van der Waals surface area contributed by atoms with Crippen LogP contribution in [0.4, 0.5) is 18.9 Å². The van der Waals surface area contributed by atoms with Crippen molar-refractivity contribution in [3.05, 3.63) is 78.1 Å². The highest BCUT2D eigenvalue weighted by Gasteiger charge is 2.28. The number of carbonyl (C=O) groups excluding carboxylic acids is 1. The molecule has 158 valence electrons. The second-order valence-corrected chi connectivity index (χ2v) is 8.03. The number of aromatic nitrogens is 2. The Kier molecular flexibility index (Phi) is 6.11. The van der Waals surface area contributed by atoms with Gasteiger partial charge in [-0.25, -0.2) is 8.42 Å². The summed E-state index contributed by atoms with van der Waals surface area (Å²) in [6.07, 6.45) is -1.73. The molecule has 2 N–H and O–H groups in total. The first kappa shape index (κ1) is 21.4. The molecular weight excluding hydrogens is 421 g/mol. The Bertz CT molecular complexity index is 1130. The third-order valence-corrected chi connectivity index (χ3v) is 5.31. The molecule has 0 saturated carbocycles. The van der Waals surface area contributed by atoms with Gasteiger partial charge in [-0.05, 0) is 23.8 Å². The van der Waals surface area contributed by atoms with Gasteiger partial charge in [-0.3, -0.25) is 14.2 Å². The van der Waals surface area contributed by atoms with Gasteiger partial charge in [0.1, 0.15) is 6.54 Å². The zero-order valence-corrected chi connectivity index (χ0v) is 16.2. The van der Waals surface area contributed by atoms with Crippen molar-refractivity contribution in [1.82, 2.24) is 15.1 Å². The van der Waals surface area contributed by atoms with Gasteiger partial charge in [0.05, 0.1) is 23.3 Å². The zero-order valence-electron chi connectivity index (χ0n) is 15.4. The quantitative estimate of drug-likeness (QED) is 0.593. The lowest BCUT2D eigenvalue weighted by Crippen LogP contribution is -2.33. The molecule has 0 fully saturated rings. The van der Waals surface area contributed by atoms with Gasteiger partial charge in [-0.1, -0.05) is 36.4 Å². The lowest BCUT2D eigenvalue weighted by molar-refractivity contribution is -0.123. The molecule has 0 radical (unpaired) electrons. The fraction of sp³-hybridized carbons (Fsp3) is 0.158. The van der Waals surface area contributed by atoms with E-state index in [1.807, 2.05) is 30.3 Å². The number of carbonyl (C=O) groups is 1. The minimum atomic E-state index is -4.57. The van der Waals surface area contributed by atoms with Gasteiger partial charge in [-0.2, -0.15) is 18.3 Å². The van der Waals surface area contributed by atoms with Gasteiger partial charge in [0.25, 0.3) is 15.9 Å². The summed E-state index contributed by atoms with van der Waals surface area (Å²) in [6, 6.07) is 14.2. The molecule has 0 saturated heterocycles. The summed E-state index contributed by atoms with van der Waals surface area (Å²) in [4.78, 5) is 11.6. The maximum Gasteiger partial charge on any atom is 0.405 e. The third-order valence-electron chi connectivity index (χ3n) is 3.93. The van der Waals surface area contributed by atoms with E-state index in [1.54, 1.807) is 10.00 Å². The van der Waals surface area contributed by atoms with Crippen molar-refractivity contribution in [3.8, 4) is 0 Å². The summed E-state index contributed by atoms with van der Waals surface area (Å²) in [5.74, 6) is -1.03. The van der Waals surface area contributed by atoms with Crippen molar-refractivity contribution >= 4 is 21.6 Å². The van der Waals surface area contributed by atoms with Crippen LogP contribution in [0.1, 0.15) is 15.9 Å². The fourth-order valence-corrected chi connectivity index (χ4v) is 3.65. The number of sulfonamides is 1. The number of halogens is 3. The van der Waals surface area contributed by atoms with E-state index in [4.69, 9.17) is 0 Å². The molecule has 7 nitrogen and oxygen atoms in total. The van der Waals surface area contributed by atoms with Crippen molar-refractivity contribution < 1.29 is 26.4 Å². The molecule has 0 bridgehead atoms. The Morgan fingerprint density at radius 2 is 1.80 bits per heavy atom. The Labute approximate surface area is 170 Å². The highest BCUT2D eigenvalue weighted by atomic mass is 32.2. The van der Waals surface area contributed by atoms with E-state index in [1.165, 1.54) is 30.6 Å². The van der Waals surface area contributed by atoms with Gasteiger partial charge in [0, 0.05) is 11.8 Å². The molecule has 3 rings (SSSR count). The van der Waals surface area contributed by atoms with Crippen LogP contribution in [0.2, 0.25) is 0 Å². The van der Waals surface area contributed by atoms with Crippen LogP contribution in [0.5, 0.6) is 0 Å². The number of hydrogen-bond donors (Lipinski definition) is 2. The standard InChI is InChI=1S/C19H17F3N4O3S/c20-19(21,22)13-23-18(27)15-7-4-8-17(9-15)30(28,29)25-16-10-24-26(12-16)11-14-5-2-1-3-6-14/h1-10,12,25H,11,13H2,(H,23,27). The van der Waals surface area contributed by atoms with Crippen molar-refractivity contribution in [1.29, 1.82) is 0 Å². The Morgan fingerprint density at radius 1 is 1.07 bits per heavy atom. The van der Waals surface area contributed by atoms with Gasteiger partial charge >= 0.3 is 6.18 Å². The molecular formula is C19H17F3N4O3S. The molecule has 0 atom stereocenters. The normalized spacial score (nSPS) is 11.8. The van der Waals surface area contributed by atoms with Crippen LogP contribution in [-0.2, 0) is 16.6 Å². The number of hydrogen-bond acceptors (Lipinski definition) is 4. The van der Waals surface area contributed by atoms with Gasteiger partial charge in [-0.15, -0.1) is 0 Å². The number of benzene rings is 2. The van der Waals surface area contributed by atoms with Crippen LogP contribution in [0.15, 0.2) is 71.9 Å². The van der Waals surface area contributed by atoms with E-state index in [2.05, 4.69) is 9.82 Å². The molecule has 3 aromatic rings. The second-order valence-electron chi connectivity index (χ2n) is 6.34. The molecule has 1 heterocycles. The maximum absolute atomic E-state index is 12.6. The molecule has 0 spiro atoms. The Balaban J connectivity index is 1.71. The minimum Gasteiger partial charge on any atom is -0.343 e. The molecule has 0 aliphatic heterocycles. The minimum absolute atomic E-state index is 0.206. The first-order chi connectivity index (χ1) is 14.1. The fourth-order valence-electron chi connectivity index (χ4n) is 2.57. The Morgan fingerprint density at radius 3 is 2.50 bits per heavy atom. The van der Waals surface area contributed by atoms with Crippen LogP contribution in [0.25, 0.3) is 0 Å².